The van der Waals surface area contributed by atoms with Crippen LogP contribution >= 0.6 is 0 Å². The van der Waals surface area contributed by atoms with Crippen molar-refractivity contribution >= 4 is 41.8 Å². The van der Waals surface area contributed by atoms with E-state index in [1.54, 1.807) is 0 Å². The summed E-state index contributed by atoms with van der Waals surface area (Å²) in [7, 11) is 0.955. The van der Waals surface area contributed by atoms with Crippen LogP contribution in [-0.4, -0.2) is 91.8 Å². The van der Waals surface area contributed by atoms with Crippen molar-refractivity contribution in [1.29, 1.82) is 0 Å². The topological polar surface area (TPSA) is 193 Å². The van der Waals surface area contributed by atoms with E-state index in [9.17, 15) is 33.6 Å². The van der Waals surface area contributed by atoms with E-state index in [1.807, 2.05) is 0 Å². The van der Waals surface area contributed by atoms with Crippen LogP contribution in [-0.2, 0) is 71.5 Å². The summed E-state index contributed by atoms with van der Waals surface area (Å²) in [4.78, 5) is 83.9. The lowest BCUT2D eigenvalue weighted by Gasteiger charge is -2.47. The summed E-state index contributed by atoms with van der Waals surface area (Å²) >= 11 is 0. The molecule has 0 spiro atoms. The SMILES string of the molecule is COC(=O)C1(OC(C)=O)C[C@H](OC(C)=O)[C@@H](OC(C)=O)[C@H]([C@H](OC(C)=O)[C@@H](COC(C)=O)OC(C)=O)O1. The number of esters is 7. The van der Waals surface area contributed by atoms with Gasteiger partial charge in [0.1, 0.15) is 18.8 Å². The second-order valence-corrected chi connectivity index (χ2v) is 7.87. The fourth-order valence-corrected chi connectivity index (χ4v) is 3.62. The zero-order chi connectivity index (χ0) is 28.5. The first kappa shape index (κ1) is 31.3. The third-order valence-corrected chi connectivity index (χ3v) is 4.67. The minimum absolute atomic E-state index is 0.670. The smallest absolute Gasteiger partial charge is 0.379 e. The molecule has 208 valence electrons. The van der Waals surface area contributed by atoms with Gasteiger partial charge in [-0.05, 0) is 0 Å². The Kier molecular flexibility index (Phi) is 11.4. The van der Waals surface area contributed by atoms with Gasteiger partial charge in [0.2, 0.25) is 0 Å². The molecule has 0 aromatic carbocycles. The van der Waals surface area contributed by atoms with Gasteiger partial charge in [-0.3, -0.25) is 28.8 Å². The highest BCUT2D eigenvalue weighted by molar-refractivity contribution is 5.82. The highest BCUT2D eigenvalue weighted by Crippen LogP contribution is 2.38. The van der Waals surface area contributed by atoms with E-state index in [0.717, 1.165) is 48.7 Å². The predicted octanol–water partition coefficient (Wildman–Crippen LogP) is -0.502. The lowest BCUT2D eigenvalue weighted by molar-refractivity contribution is -0.321. The van der Waals surface area contributed by atoms with Gasteiger partial charge in [-0.1, -0.05) is 0 Å². The van der Waals surface area contributed by atoms with E-state index < -0.39 is 91.1 Å². The average molecular weight is 534 g/mol. The van der Waals surface area contributed by atoms with Crippen LogP contribution in [0.1, 0.15) is 48.0 Å². The van der Waals surface area contributed by atoms with Gasteiger partial charge in [0, 0.05) is 41.5 Å². The Morgan fingerprint density at radius 2 is 1.35 bits per heavy atom. The van der Waals surface area contributed by atoms with Gasteiger partial charge < -0.3 is 37.9 Å². The number of hydrogen-bond acceptors (Lipinski definition) is 15. The van der Waals surface area contributed by atoms with E-state index in [2.05, 4.69) is 0 Å². The fourth-order valence-electron chi connectivity index (χ4n) is 3.62. The van der Waals surface area contributed by atoms with Crippen molar-refractivity contribution in [1.82, 2.24) is 0 Å². The Morgan fingerprint density at radius 3 is 1.78 bits per heavy atom. The van der Waals surface area contributed by atoms with E-state index in [1.165, 1.54) is 0 Å². The van der Waals surface area contributed by atoms with Crippen molar-refractivity contribution in [3.05, 3.63) is 0 Å². The molecule has 0 aromatic heterocycles. The summed E-state index contributed by atoms with van der Waals surface area (Å²) in [5, 5.41) is 0. The van der Waals surface area contributed by atoms with Crippen molar-refractivity contribution in [2.75, 3.05) is 13.7 Å². The normalized spacial score (nSPS) is 24.4. The molecule has 6 atom stereocenters. The number of ether oxygens (including phenoxy) is 8. The first-order valence-corrected chi connectivity index (χ1v) is 10.9. The van der Waals surface area contributed by atoms with Crippen molar-refractivity contribution in [3.8, 4) is 0 Å². The number of carbonyl (C=O) groups excluding carboxylic acids is 7. The highest BCUT2D eigenvalue weighted by atomic mass is 16.8. The largest absolute Gasteiger partial charge is 0.464 e. The van der Waals surface area contributed by atoms with E-state index in [-0.39, 0.29) is 0 Å². The van der Waals surface area contributed by atoms with Crippen molar-refractivity contribution in [2.24, 2.45) is 0 Å². The standard InChI is InChI=1S/C22H30O15/c1-10(23)31-9-17(33-12(3)25)19(35-14(5)27)20-18(34-13(4)26)16(32-11(2)24)8-22(37-20,21(29)30-7)36-15(6)28/h16-20H,8-9H2,1-7H3/t16-,17+,18+,19+,20+,22?/m0/s1. The van der Waals surface area contributed by atoms with E-state index >= 15 is 0 Å². The lowest BCUT2D eigenvalue weighted by atomic mass is 9.89. The summed E-state index contributed by atoms with van der Waals surface area (Å²) in [6.07, 6.45) is -8.97. The van der Waals surface area contributed by atoms with Crippen molar-refractivity contribution in [2.45, 2.75) is 84.3 Å². The van der Waals surface area contributed by atoms with Crippen molar-refractivity contribution in [3.63, 3.8) is 0 Å². The molecule has 1 aliphatic heterocycles. The second kappa shape index (κ2) is 13.5. The van der Waals surface area contributed by atoms with Crippen LogP contribution in [0.3, 0.4) is 0 Å². The molecule has 0 aliphatic carbocycles. The monoisotopic (exact) mass is 534 g/mol. The Labute approximate surface area is 211 Å². The molecule has 0 bridgehead atoms. The Balaban J connectivity index is 3.83. The highest BCUT2D eigenvalue weighted by Gasteiger charge is 2.61. The third kappa shape index (κ3) is 9.33. The average Bonchev–Trinajstić information content (AvgIpc) is 2.74. The summed E-state index contributed by atoms with van der Waals surface area (Å²) in [6.45, 7) is 5.37. The second-order valence-electron chi connectivity index (χ2n) is 7.87. The first-order valence-electron chi connectivity index (χ1n) is 10.9. The minimum Gasteiger partial charge on any atom is -0.464 e. The molecule has 1 aliphatic rings. The van der Waals surface area contributed by atoms with Crippen LogP contribution in [0.2, 0.25) is 0 Å². The molecule has 15 heteroatoms. The maximum atomic E-state index is 12.8. The summed E-state index contributed by atoms with van der Waals surface area (Å²) in [5.41, 5.74) is 0. The van der Waals surface area contributed by atoms with Crippen LogP contribution in [0.15, 0.2) is 0 Å². The molecule has 1 saturated heterocycles. The molecule has 1 unspecified atom stereocenters. The molecule has 15 nitrogen and oxygen atoms in total. The molecule has 37 heavy (non-hydrogen) atoms. The summed E-state index contributed by atoms with van der Waals surface area (Å²) in [6, 6.07) is 0. The Hall–Kier alpha value is -3.75. The molecule has 1 fully saturated rings. The predicted molar refractivity (Wildman–Crippen MR) is 115 cm³/mol. The molecular formula is C22H30O15. The Morgan fingerprint density at radius 1 is 0.784 bits per heavy atom. The van der Waals surface area contributed by atoms with Crippen LogP contribution < -0.4 is 0 Å². The van der Waals surface area contributed by atoms with Gasteiger partial charge in [0.05, 0.1) is 13.5 Å². The van der Waals surface area contributed by atoms with Gasteiger partial charge >= 0.3 is 47.6 Å². The molecule has 0 radical (unpaired) electrons. The van der Waals surface area contributed by atoms with Gasteiger partial charge in [0.15, 0.2) is 18.3 Å². The molecule has 0 N–H and O–H groups in total. The Bertz CT molecular complexity index is 912. The van der Waals surface area contributed by atoms with Crippen LogP contribution in [0.4, 0.5) is 0 Å². The number of rotatable bonds is 10. The van der Waals surface area contributed by atoms with Crippen LogP contribution in [0.5, 0.6) is 0 Å². The molecule has 0 aromatic rings. The summed E-state index contributed by atoms with van der Waals surface area (Å²) in [5.74, 6) is -9.28. The zero-order valence-electron chi connectivity index (χ0n) is 21.4. The fraction of sp³-hybridized carbons (Fsp3) is 0.682. The third-order valence-electron chi connectivity index (χ3n) is 4.67. The quantitative estimate of drug-likeness (QED) is 0.257. The molecule has 0 amide bonds. The van der Waals surface area contributed by atoms with E-state index in [0.29, 0.717) is 0 Å². The van der Waals surface area contributed by atoms with Gasteiger partial charge in [-0.2, -0.15) is 0 Å². The van der Waals surface area contributed by atoms with Gasteiger partial charge in [0.25, 0.3) is 0 Å². The van der Waals surface area contributed by atoms with Crippen molar-refractivity contribution < 1.29 is 71.5 Å². The zero-order valence-corrected chi connectivity index (χ0v) is 21.4. The van der Waals surface area contributed by atoms with Crippen LogP contribution in [0.25, 0.3) is 0 Å². The summed E-state index contributed by atoms with van der Waals surface area (Å²) < 4.78 is 41.6. The molecule has 0 saturated carbocycles. The number of carbonyl (C=O) groups is 7. The maximum absolute atomic E-state index is 12.8. The lowest BCUT2D eigenvalue weighted by Crippen LogP contribution is -2.66. The molecule has 1 rings (SSSR count). The van der Waals surface area contributed by atoms with Gasteiger partial charge in [-0.25, -0.2) is 4.79 Å². The number of methoxy groups -OCH3 is 1. The molecule has 1 heterocycles. The molecular weight excluding hydrogens is 504 g/mol. The first-order chi connectivity index (χ1) is 17.1. The number of hydrogen-bond donors (Lipinski definition) is 0. The minimum atomic E-state index is -2.58. The van der Waals surface area contributed by atoms with Gasteiger partial charge in [-0.15, -0.1) is 0 Å². The van der Waals surface area contributed by atoms with E-state index in [4.69, 9.17) is 37.9 Å². The maximum Gasteiger partial charge on any atom is 0.379 e. The van der Waals surface area contributed by atoms with Crippen LogP contribution in [0, 0.1) is 0 Å².